The Balaban J connectivity index is 2.07. The van der Waals surface area contributed by atoms with Crippen molar-refractivity contribution in [1.29, 1.82) is 0 Å². The summed E-state index contributed by atoms with van der Waals surface area (Å²) in [6.07, 6.45) is 8.67. The van der Waals surface area contributed by atoms with Gasteiger partial charge in [0.25, 0.3) is 0 Å². The summed E-state index contributed by atoms with van der Waals surface area (Å²) >= 11 is 1.82. The summed E-state index contributed by atoms with van der Waals surface area (Å²) in [5, 5.41) is 1.23. The minimum Gasteiger partial charge on any atom is -0.257 e. The summed E-state index contributed by atoms with van der Waals surface area (Å²) in [5.41, 5.74) is 8.94. The van der Waals surface area contributed by atoms with Crippen molar-refractivity contribution in [3.63, 3.8) is 0 Å². The van der Waals surface area contributed by atoms with Crippen molar-refractivity contribution in [2.75, 3.05) is 13.1 Å². The lowest BCUT2D eigenvalue weighted by atomic mass is 10.0. The fraction of sp³-hybridized carbons (Fsp3) is 0.364. The molecular formula is C11H13N3S. The van der Waals surface area contributed by atoms with Gasteiger partial charge < -0.3 is 0 Å². The molecule has 0 spiro atoms. The molecule has 0 saturated carbocycles. The molecule has 1 aliphatic heterocycles. The first-order valence-electron chi connectivity index (χ1n) is 5.25. The Labute approximate surface area is 92.9 Å². The van der Waals surface area contributed by atoms with Crippen molar-refractivity contribution in [2.45, 2.75) is 12.8 Å². The molecule has 2 aliphatic rings. The number of thiazole rings is 1. The molecule has 3 nitrogen and oxygen atoms in total. The van der Waals surface area contributed by atoms with Crippen LogP contribution in [0.25, 0.3) is 11.6 Å². The van der Waals surface area contributed by atoms with E-state index in [4.69, 9.17) is 4.98 Å². The molecule has 1 aromatic rings. The molecule has 2 N–H and O–H groups in total. The average Bonchev–Trinajstić information content (AvgIpc) is 2.67. The maximum Gasteiger partial charge on any atom is 0.0951 e. The number of nitrogens with one attached hydrogen (secondary N) is 2. The SMILES string of the molecule is C1=Cc2sc3nc2C(=CCNNCC3)C1. The zero-order valence-electron chi connectivity index (χ0n) is 8.42. The van der Waals surface area contributed by atoms with Crippen LogP contribution in [0.4, 0.5) is 0 Å². The number of rotatable bonds is 0. The van der Waals surface area contributed by atoms with Crippen LogP contribution in [0.15, 0.2) is 12.2 Å². The summed E-state index contributed by atoms with van der Waals surface area (Å²) in [4.78, 5) is 6.03. The van der Waals surface area contributed by atoms with Gasteiger partial charge in [-0.2, -0.15) is 0 Å². The molecule has 0 fully saturated rings. The van der Waals surface area contributed by atoms with Crippen LogP contribution in [0.5, 0.6) is 0 Å². The van der Waals surface area contributed by atoms with Gasteiger partial charge in [0.1, 0.15) is 0 Å². The quantitative estimate of drug-likeness (QED) is 0.696. The summed E-state index contributed by atoms with van der Waals surface area (Å²) in [6, 6.07) is 0. The first-order valence-corrected chi connectivity index (χ1v) is 6.06. The molecular weight excluding hydrogens is 206 g/mol. The third-order valence-corrected chi connectivity index (χ3v) is 3.73. The van der Waals surface area contributed by atoms with E-state index in [1.165, 1.54) is 21.2 Å². The Morgan fingerprint density at radius 1 is 1.33 bits per heavy atom. The molecule has 2 bridgehead atoms. The van der Waals surface area contributed by atoms with Crippen molar-refractivity contribution in [3.05, 3.63) is 27.7 Å². The van der Waals surface area contributed by atoms with Gasteiger partial charge in [-0.1, -0.05) is 12.2 Å². The molecule has 78 valence electrons. The van der Waals surface area contributed by atoms with E-state index in [1.54, 1.807) is 0 Å². The Morgan fingerprint density at radius 3 is 3.33 bits per heavy atom. The molecule has 1 aliphatic carbocycles. The zero-order chi connectivity index (χ0) is 10.1. The molecule has 1 aromatic heterocycles. The van der Waals surface area contributed by atoms with Gasteiger partial charge in [-0.25, -0.2) is 4.98 Å². The predicted molar refractivity (Wildman–Crippen MR) is 63.5 cm³/mol. The van der Waals surface area contributed by atoms with Crippen LogP contribution in [0.1, 0.15) is 22.0 Å². The van der Waals surface area contributed by atoms with Gasteiger partial charge in [0.05, 0.1) is 15.6 Å². The monoisotopic (exact) mass is 219 g/mol. The Bertz CT molecular complexity index is 431. The molecule has 0 amide bonds. The van der Waals surface area contributed by atoms with Crippen LogP contribution in [0, 0.1) is 0 Å². The molecule has 3 rings (SSSR count). The number of aromatic nitrogens is 1. The highest BCUT2D eigenvalue weighted by Crippen LogP contribution is 2.32. The first-order chi connectivity index (χ1) is 7.43. The fourth-order valence-electron chi connectivity index (χ4n) is 1.90. The second-order valence-corrected chi connectivity index (χ2v) is 4.83. The fourth-order valence-corrected chi connectivity index (χ4v) is 2.93. The van der Waals surface area contributed by atoms with Crippen LogP contribution in [0.2, 0.25) is 0 Å². The Hall–Kier alpha value is -0.970. The number of nitrogens with zero attached hydrogens (tertiary/aromatic N) is 1. The summed E-state index contributed by atoms with van der Waals surface area (Å²) in [7, 11) is 0. The van der Waals surface area contributed by atoms with E-state index in [-0.39, 0.29) is 0 Å². The van der Waals surface area contributed by atoms with Crippen LogP contribution in [-0.2, 0) is 6.42 Å². The highest BCUT2D eigenvalue weighted by molar-refractivity contribution is 7.12. The van der Waals surface area contributed by atoms with E-state index >= 15 is 0 Å². The second kappa shape index (κ2) is 3.89. The minimum atomic E-state index is 0.871. The Morgan fingerprint density at radius 2 is 2.33 bits per heavy atom. The van der Waals surface area contributed by atoms with E-state index in [1.807, 2.05) is 11.3 Å². The molecule has 0 aromatic carbocycles. The predicted octanol–water partition coefficient (Wildman–Crippen LogP) is 1.59. The van der Waals surface area contributed by atoms with Crippen molar-refractivity contribution >= 4 is 23.0 Å². The molecule has 0 unspecified atom stereocenters. The van der Waals surface area contributed by atoms with Crippen molar-refractivity contribution in [3.8, 4) is 0 Å². The van der Waals surface area contributed by atoms with Crippen LogP contribution in [-0.4, -0.2) is 18.1 Å². The highest BCUT2D eigenvalue weighted by atomic mass is 32.1. The number of hydrazine groups is 1. The van der Waals surface area contributed by atoms with E-state index in [9.17, 15) is 0 Å². The standard InChI is InChI=1S/C11H13N3S/c1-2-8-4-6-12-13-7-5-10-14-11(8)9(3-1)15-10/h1,3-4,12-13H,2,5-7H2. The number of hydrogen-bond donors (Lipinski definition) is 2. The van der Waals surface area contributed by atoms with Gasteiger partial charge in [0.15, 0.2) is 0 Å². The molecule has 15 heavy (non-hydrogen) atoms. The topological polar surface area (TPSA) is 37.0 Å². The van der Waals surface area contributed by atoms with Gasteiger partial charge in [0.2, 0.25) is 0 Å². The summed E-state index contributed by atoms with van der Waals surface area (Å²) in [5.74, 6) is 0. The van der Waals surface area contributed by atoms with Crippen molar-refractivity contribution < 1.29 is 0 Å². The van der Waals surface area contributed by atoms with Gasteiger partial charge in [-0.3, -0.25) is 10.9 Å². The molecule has 0 atom stereocenters. The van der Waals surface area contributed by atoms with Crippen molar-refractivity contribution in [2.24, 2.45) is 0 Å². The summed E-state index contributed by atoms with van der Waals surface area (Å²) < 4.78 is 0. The lowest BCUT2D eigenvalue weighted by molar-refractivity contribution is 0.567. The lowest BCUT2D eigenvalue weighted by Crippen LogP contribution is -2.33. The van der Waals surface area contributed by atoms with Gasteiger partial charge in [-0.05, 0) is 18.1 Å². The average molecular weight is 219 g/mol. The van der Waals surface area contributed by atoms with Crippen molar-refractivity contribution in [1.82, 2.24) is 15.8 Å². The van der Waals surface area contributed by atoms with E-state index in [0.29, 0.717) is 0 Å². The van der Waals surface area contributed by atoms with Crippen LogP contribution in [0.3, 0.4) is 0 Å². The second-order valence-electron chi connectivity index (χ2n) is 3.71. The highest BCUT2D eigenvalue weighted by Gasteiger charge is 2.16. The third kappa shape index (κ3) is 1.76. The molecule has 0 radical (unpaired) electrons. The van der Waals surface area contributed by atoms with E-state index in [2.05, 4.69) is 29.1 Å². The molecule has 4 heteroatoms. The number of hydrogen-bond acceptors (Lipinski definition) is 4. The number of fused-ring (bicyclic) bond motifs is 1. The number of allylic oxidation sites excluding steroid dienone is 2. The largest absolute Gasteiger partial charge is 0.257 e. The summed E-state index contributed by atoms with van der Waals surface area (Å²) in [6.45, 7) is 1.81. The van der Waals surface area contributed by atoms with E-state index in [0.717, 1.165) is 25.9 Å². The smallest absolute Gasteiger partial charge is 0.0951 e. The van der Waals surface area contributed by atoms with Crippen LogP contribution < -0.4 is 10.9 Å². The molecule has 0 saturated heterocycles. The van der Waals surface area contributed by atoms with Gasteiger partial charge in [0, 0.05) is 19.5 Å². The zero-order valence-corrected chi connectivity index (χ0v) is 9.23. The maximum atomic E-state index is 4.71. The Kier molecular flexibility index (Phi) is 2.40. The van der Waals surface area contributed by atoms with Gasteiger partial charge >= 0.3 is 0 Å². The third-order valence-electron chi connectivity index (χ3n) is 2.65. The van der Waals surface area contributed by atoms with Crippen LogP contribution >= 0.6 is 11.3 Å². The molecule has 2 heterocycles. The van der Waals surface area contributed by atoms with E-state index < -0.39 is 0 Å². The first kappa shape index (κ1) is 9.27. The lowest BCUT2D eigenvalue weighted by Gasteiger charge is -2.10. The maximum absolute atomic E-state index is 4.71. The minimum absolute atomic E-state index is 0.871. The normalized spacial score (nSPS) is 19.9. The van der Waals surface area contributed by atoms with Gasteiger partial charge in [-0.15, -0.1) is 11.3 Å².